The number of phenols is 1. The number of phenolic OH excluding ortho intramolecular Hbond substituents is 1. The molecule has 0 bridgehead atoms. The van der Waals surface area contributed by atoms with Gasteiger partial charge in [-0.05, 0) is 49.2 Å². The summed E-state index contributed by atoms with van der Waals surface area (Å²) in [4.78, 5) is 31.1. The van der Waals surface area contributed by atoms with E-state index < -0.39 is 0 Å². The van der Waals surface area contributed by atoms with E-state index >= 15 is 0 Å². The number of piperazine rings is 1. The van der Waals surface area contributed by atoms with Crippen LogP contribution < -0.4 is 10.2 Å². The summed E-state index contributed by atoms with van der Waals surface area (Å²) in [5.74, 6) is 0.275. The number of rotatable bonds is 7. The van der Waals surface area contributed by atoms with Crippen LogP contribution in [-0.4, -0.2) is 66.1 Å². The van der Waals surface area contributed by atoms with Crippen molar-refractivity contribution >= 4 is 23.3 Å². The summed E-state index contributed by atoms with van der Waals surface area (Å²) in [6.07, 6.45) is 1.86. The molecule has 1 heterocycles. The van der Waals surface area contributed by atoms with Gasteiger partial charge in [-0.1, -0.05) is 19.9 Å². The van der Waals surface area contributed by atoms with Crippen molar-refractivity contribution in [1.82, 2.24) is 9.80 Å². The Bertz CT molecular complexity index is 871. The normalized spacial score (nSPS) is 13.7. The van der Waals surface area contributed by atoms with Crippen molar-refractivity contribution in [2.24, 2.45) is 0 Å². The van der Waals surface area contributed by atoms with E-state index in [1.807, 2.05) is 17.0 Å². The van der Waals surface area contributed by atoms with E-state index in [0.29, 0.717) is 37.4 Å². The lowest BCUT2D eigenvalue weighted by Gasteiger charge is -2.36. The lowest BCUT2D eigenvalue weighted by Crippen LogP contribution is -2.50. The first-order chi connectivity index (χ1) is 15.0. The van der Waals surface area contributed by atoms with Gasteiger partial charge < -0.3 is 25.1 Å². The monoisotopic (exact) mass is 424 g/mol. The Balaban J connectivity index is 1.53. The molecule has 3 amide bonds. The lowest BCUT2D eigenvalue weighted by molar-refractivity contribution is 0.0755. The number of amides is 3. The van der Waals surface area contributed by atoms with Gasteiger partial charge >= 0.3 is 6.03 Å². The largest absolute Gasteiger partial charge is 0.508 e. The highest BCUT2D eigenvalue weighted by Crippen LogP contribution is 2.21. The Hall–Kier alpha value is -3.22. The number of carbonyl (C=O) groups excluding carboxylic acids is 2. The summed E-state index contributed by atoms with van der Waals surface area (Å²) in [6.45, 7) is 8.24. The third-order valence-electron chi connectivity index (χ3n) is 5.42. The molecular weight excluding hydrogens is 392 g/mol. The second-order valence-corrected chi connectivity index (χ2v) is 7.79. The molecule has 1 saturated heterocycles. The van der Waals surface area contributed by atoms with Crippen molar-refractivity contribution in [2.75, 3.05) is 49.5 Å². The van der Waals surface area contributed by atoms with Crippen molar-refractivity contribution in [1.29, 1.82) is 0 Å². The van der Waals surface area contributed by atoms with Crippen LogP contribution in [0.2, 0.25) is 0 Å². The highest BCUT2D eigenvalue weighted by molar-refractivity contribution is 5.95. The van der Waals surface area contributed by atoms with Gasteiger partial charge in [-0.25, -0.2) is 4.79 Å². The van der Waals surface area contributed by atoms with E-state index in [-0.39, 0.29) is 17.7 Å². The molecule has 2 aromatic carbocycles. The molecule has 0 saturated carbocycles. The zero-order valence-electron chi connectivity index (χ0n) is 18.4. The summed E-state index contributed by atoms with van der Waals surface area (Å²) in [6, 6.07) is 14.1. The molecule has 2 N–H and O–H groups in total. The smallest absolute Gasteiger partial charge is 0.321 e. The molecule has 0 aromatic heterocycles. The van der Waals surface area contributed by atoms with Crippen molar-refractivity contribution in [3.05, 3.63) is 54.1 Å². The fourth-order valence-corrected chi connectivity index (χ4v) is 3.79. The second-order valence-electron chi connectivity index (χ2n) is 7.79. The minimum absolute atomic E-state index is 0.0321. The fraction of sp³-hybridized carbons (Fsp3) is 0.417. The summed E-state index contributed by atoms with van der Waals surface area (Å²) >= 11 is 0. The number of carbonyl (C=O) groups is 2. The number of nitrogens with one attached hydrogen (secondary N) is 1. The van der Waals surface area contributed by atoms with Crippen LogP contribution >= 0.6 is 0 Å². The first-order valence-corrected chi connectivity index (χ1v) is 11.0. The molecule has 0 unspecified atom stereocenters. The average molecular weight is 425 g/mol. The van der Waals surface area contributed by atoms with Crippen LogP contribution in [0.25, 0.3) is 0 Å². The quantitative estimate of drug-likeness (QED) is 0.704. The number of aromatic hydroxyl groups is 1. The SMILES string of the molecule is CCCN(CCC)C(=O)c1ccc(NC(=O)N2CCN(c3cccc(O)c3)CC2)cc1. The van der Waals surface area contributed by atoms with Gasteiger partial charge in [0.2, 0.25) is 0 Å². The minimum Gasteiger partial charge on any atom is -0.508 e. The van der Waals surface area contributed by atoms with Gasteiger partial charge in [-0.3, -0.25) is 4.79 Å². The van der Waals surface area contributed by atoms with E-state index in [1.54, 1.807) is 41.3 Å². The molecule has 0 atom stereocenters. The Morgan fingerprint density at radius 3 is 2.19 bits per heavy atom. The fourth-order valence-electron chi connectivity index (χ4n) is 3.79. The topological polar surface area (TPSA) is 76.1 Å². The van der Waals surface area contributed by atoms with Gasteiger partial charge in [0, 0.05) is 62.3 Å². The van der Waals surface area contributed by atoms with Crippen molar-refractivity contribution in [3.8, 4) is 5.75 Å². The van der Waals surface area contributed by atoms with Crippen LogP contribution in [0.15, 0.2) is 48.5 Å². The maximum absolute atomic E-state index is 12.7. The number of urea groups is 1. The van der Waals surface area contributed by atoms with Crippen molar-refractivity contribution in [3.63, 3.8) is 0 Å². The van der Waals surface area contributed by atoms with Gasteiger partial charge in [0.1, 0.15) is 5.75 Å². The number of hydrogen-bond donors (Lipinski definition) is 2. The Labute approximate surface area is 184 Å². The molecule has 1 fully saturated rings. The molecule has 1 aliphatic heterocycles. The summed E-state index contributed by atoms with van der Waals surface area (Å²) in [7, 11) is 0. The summed E-state index contributed by atoms with van der Waals surface area (Å²) < 4.78 is 0. The number of benzene rings is 2. The molecule has 0 aliphatic carbocycles. The molecule has 0 spiro atoms. The van der Waals surface area contributed by atoms with Crippen LogP contribution in [0.1, 0.15) is 37.0 Å². The first kappa shape index (κ1) is 22.5. The molecule has 31 heavy (non-hydrogen) atoms. The molecular formula is C24H32N4O3. The number of anilines is 2. The number of hydrogen-bond acceptors (Lipinski definition) is 4. The van der Waals surface area contributed by atoms with Crippen LogP contribution in [0.5, 0.6) is 5.75 Å². The van der Waals surface area contributed by atoms with E-state index in [2.05, 4.69) is 24.1 Å². The molecule has 2 aromatic rings. The molecule has 7 heteroatoms. The van der Waals surface area contributed by atoms with Crippen LogP contribution in [0.3, 0.4) is 0 Å². The predicted octanol–water partition coefficient (Wildman–Crippen LogP) is 4.01. The molecule has 1 aliphatic rings. The lowest BCUT2D eigenvalue weighted by atomic mass is 10.1. The minimum atomic E-state index is -0.145. The van der Waals surface area contributed by atoms with Crippen LogP contribution in [-0.2, 0) is 0 Å². The second kappa shape index (κ2) is 10.7. The third-order valence-corrected chi connectivity index (χ3v) is 5.42. The highest BCUT2D eigenvalue weighted by atomic mass is 16.3. The Kier molecular flexibility index (Phi) is 7.76. The zero-order valence-corrected chi connectivity index (χ0v) is 18.4. The highest BCUT2D eigenvalue weighted by Gasteiger charge is 2.22. The Morgan fingerprint density at radius 1 is 0.968 bits per heavy atom. The molecule has 3 rings (SSSR count). The van der Waals surface area contributed by atoms with Gasteiger partial charge in [0.25, 0.3) is 5.91 Å². The average Bonchev–Trinajstić information content (AvgIpc) is 2.79. The Morgan fingerprint density at radius 2 is 1.61 bits per heavy atom. The maximum Gasteiger partial charge on any atom is 0.321 e. The third kappa shape index (κ3) is 5.90. The summed E-state index contributed by atoms with van der Waals surface area (Å²) in [5.41, 5.74) is 2.27. The van der Waals surface area contributed by atoms with Crippen molar-refractivity contribution in [2.45, 2.75) is 26.7 Å². The predicted molar refractivity (Wildman–Crippen MR) is 124 cm³/mol. The van der Waals surface area contributed by atoms with E-state index in [9.17, 15) is 14.7 Å². The van der Waals surface area contributed by atoms with Crippen molar-refractivity contribution < 1.29 is 14.7 Å². The van der Waals surface area contributed by atoms with E-state index in [1.165, 1.54) is 0 Å². The zero-order chi connectivity index (χ0) is 22.2. The standard InChI is InChI=1S/C24H32N4O3/c1-3-12-27(13-4-2)23(30)19-8-10-20(11-9-19)25-24(31)28-16-14-26(15-17-28)21-6-5-7-22(29)18-21/h5-11,18,29H,3-4,12-17H2,1-2H3,(H,25,31). The van der Waals surface area contributed by atoms with Gasteiger partial charge in [0.05, 0.1) is 0 Å². The van der Waals surface area contributed by atoms with E-state index in [0.717, 1.165) is 31.6 Å². The van der Waals surface area contributed by atoms with Gasteiger partial charge in [-0.2, -0.15) is 0 Å². The number of nitrogens with zero attached hydrogens (tertiary/aromatic N) is 3. The van der Waals surface area contributed by atoms with Crippen LogP contribution in [0.4, 0.5) is 16.2 Å². The first-order valence-electron chi connectivity index (χ1n) is 11.0. The van der Waals surface area contributed by atoms with Crippen LogP contribution in [0, 0.1) is 0 Å². The summed E-state index contributed by atoms with van der Waals surface area (Å²) in [5, 5.41) is 12.6. The molecule has 166 valence electrons. The van der Waals surface area contributed by atoms with Gasteiger partial charge in [0.15, 0.2) is 0 Å². The molecule has 0 radical (unpaired) electrons. The van der Waals surface area contributed by atoms with E-state index in [4.69, 9.17) is 0 Å². The molecule has 7 nitrogen and oxygen atoms in total. The van der Waals surface area contributed by atoms with Gasteiger partial charge in [-0.15, -0.1) is 0 Å². The maximum atomic E-state index is 12.7.